The lowest BCUT2D eigenvalue weighted by Crippen LogP contribution is -2.51. The maximum absolute atomic E-state index is 13.6. The first kappa shape index (κ1) is 27.4. The zero-order chi connectivity index (χ0) is 27.6. The predicted octanol–water partition coefficient (Wildman–Crippen LogP) is 3.18. The summed E-state index contributed by atoms with van der Waals surface area (Å²) in [5.74, 6) is -0.202. The number of nitrogens with one attached hydrogen (secondary N) is 3. The number of piperazine rings is 1. The highest BCUT2D eigenvalue weighted by Crippen LogP contribution is 2.35. The summed E-state index contributed by atoms with van der Waals surface area (Å²) in [5.41, 5.74) is 2.09. The number of benzene rings is 1. The first-order valence-corrected chi connectivity index (χ1v) is 13.7. The Morgan fingerprint density at radius 3 is 2.69 bits per heavy atom. The van der Waals surface area contributed by atoms with Crippen molar-refractivity contribution in [2.75, 3.05) is 74.9 Å². The number of rotatable bonds is 10. The van der Waals surface area contributed by atoms with Crippen LogP contribution in [0.1, 0.15) is 30.9 Å². The van der Waals surface area contributed by atoms with Gasteiger partial charge in [0.25, 0.3) is 0 Å². The summed E-state index contributed by atoms with van der Waals surface area (Å²) in [7, 11) is 1.95. The normalized spacial score (nSPS) is 21.5. The Kier molecular flexibility index (Phi) is 8.13. The molecule has 4 heterocycles. The van der Waals surface area contributed by atoms with Crippen LogP contribution in [0, 0.1) is 5.92 Å². The standard InChI is InChI=1S/C27H37F3N8O/c1-3-18-13-20(38-12-11-37-10-7-21(38)17-37)5-6-23(18)34-26-33-14-22(27(28,29)30)24(35-26)31-8-4-9-32-25(39)19-15-36(2)16-19/h5-6,13-14,19,21H,3-4,7-12,15-17H2,1-2H3,(H,32,39)(H2,31,33,34,35). The van der Waals surface area contributed by atoms with E-state index in [9.17, 15) is 18.0 Å². The van der Waals surface area contributed by atoms with E-state index in [1.807, 2.05) is 13.1 Å². The highest BCUT2D eigenvalue weighted by molar-refractivity contribution is 5.80. The number of nitrogens with zero attached hydrogens (tertiary/aromatic N) is 5. The molecular formula is C27H37F3N8O. The van der Waals surface area contributed by atoms with Gasteiger partial charge >= 0.3 is 6.18 Å². The lowest BCUT2D eigenvalue weighted by molar-refractivity contribution is -0.137. The fourth-order valence-corrected chi connectivity index (χ4v) is 5.64. The van der Waals surface area contributed by atoms with Gasteiger partial charge < -0.3 is 25.8 Å². The molecule has 0 radical (unpaired) electrons. The molecule has 0 aliphatic carbocycles. The predicted molar refractivity (Wildman–Crippen MR) is 145 cm³/mol. The minimum atomic E-state index is -4.59. The summed E-state index contributed by atoms with van der Waals surface area (Å²) < 4.78 is 40.9. The zero-order valence-electron chi connectivity index (χ0n) is 22.5. The molecule has 3 fully saturated rings. The lowest BCUT2D eigenvalue weighted by Gasteiger charge is -2.36. The number of amides is 1. The second kappa shape index (κ2) is 11.5. The Morgan fingerprint density at radius 1 is 1.13 bits per heavy atom. The Morgan fingerprint density at radius 2 is 1.95 bits per heavy atom. The number of hydrogen-bond acceptors (Lipinski definition) is 8. The topological polar surface area (TPSA) is 88.7 Å². The number of aryl methyl sites for hydroxylation is 1. The van der Waals surface area contributed by atoms with Crippen molar-refractivity contribution in [3.8, 4) is 0 Å². The first-order chi connectivity index (χ1) is 18.7. The van der Waals surface area contributed by atoms with E-state index < -0.39 is 11.7 Å². The quantitative estimate of drug-likeness (QED) is 0.392. The highest BCUT2D eigenvalue weighted by Gasteiger charge is 2.36. The lowest BCUT2D eigenvalue weighted by atomic mass is 10.0. The average molecular weight is 547 g/mol. The maximum Gasteiger partial charge on any atom is 0.421 e. The molecule has 3 N–H and O–H groups in total. The fraction of sp³-hybridized carbons (Fsp3) is 0.593. The van der Waals surface area contributed by atoms with Gasteiger partial charge in [0.15, 0.2) is 0 Å². The molecule has 0 saturated carbocycles. The summed E-state index contributed by atoms with van der Waals surface area (Å²) in [6.07, 6.45) is -1.39. The third kappa shape index (κ3) is 6.38. The number of aromatic nitrogens is 2. The maximum atomic E-state index is 13.6. The molecule has 5 rings (SSSR count). The van der Waals surface area contributed by atoms with Gasteiger partial charge in [-0.05, 0) is 50.1 Å². The van der Waals surface area contributed by atoms with Crippen molar-refractivity contribution in [3.05, 3.63) is 35.5 Å². The number of anilines is 4. The molecule has 0 spiro atoms. The third-order valence-corrected chi connectivity index (χ3v) is 7.87. The molecule has 2 aromatic rings. The summed E-state index contributed by atoms with van der Waals surface area (Å²) in [5, 5.41) is 8.78. The van der Waals surface area contributed by atoms with Crippen molar-refractivity contribution in [3.63, 3.8) is 0 Å². The van der Waals surface area contributed by atoms with E-state index in [2.05, 4.69) is 59.7 Å². The summed E-state index contributed by atoms with van der Waals surface area (Å²) in [6.45, 7) is 8.44. The summed E-state index contributed by atoms with van der Waals surface area (Å²) in [6, 6.07) is 6.72. The molecule has 3 aliphatic heterocycles. The van der Waals surface area contributed by atoms with Crippen LogP contribution < -0.4 is 20.9 Å². The van der Waals surface area contributed by atoms with Gasteiger partial charge in [-0.1, -0.05) is 6.92 Å². The van der Waals surface area contributed by atoms with Gasteiger partial charge in [-0.2, -0.15) is 18.2 Å². The average Bonchev–Trinajstić information content (AvgIpc) is 3.26. The van der Waals surface area contributed by atoms with E-state index in [1.165, 1.54) is 12.1 Å². The van der Waals surface area contributed by atoms with Gasteiger partial charge in [0, 0.05) is 76.0 Å². The van der Waals surface area contributed by atoms with Crippen LogP contribution in [0.5, 0.6) is 0 Å². The Hall–Kier alpha value is -3.12. The van der Waals surface area contributed by atoms with Crippen LogP contribution >= 0.6 is 0 Å². The van der Waals surface area contributed by atoms with Crippen molar-refractivity contribution < 1.29 is 18.0 Å². The highest BCUT2D eigenvalue weighted by atomic mass is 19.4. The molecule has 1 amide bonds. The van der Waals surface area contributed by atoms with Gasteiger partial charge in [-0.3, -0.25) is 9.69 Å². The summed E-state index contributed by atoms with van der Waals surface area (Å²) in [4.78, 5) is 27.2. The third-order valence-electron chi connectivity index (χ3n) is 7.87. The molecule has 212 valence electrons. The van der Waals surface area contributed by atoms with Crippen molar-refractivity contribution in [1.82, 2.24) is 25.1 Å². The number of alkyl halides is 3. The van der Waals surface area contributed by atoms with Gasteiger partial charge in [0.1, 0.15) is 11.4 Å². The van der Waals surface area contributed by atoms with Crippen LogP contribution in [-0.4, -0.2) is 91.1 Å². The van der Waals surface area contributed by atoms with Crippen molar-refractivity contribution in [1.29, 1.82) is 0 Å². The van der Waals surface area contributed by atoms with E-state index in [0.717, 1.165) is 63.1 Å². The fourth-order valence-electron chi connectivity index (χ4n) is 5.64. The monoisotopic (exact) mass is 546 g/mol. The molecule has 2 unspecified atom stereocenters. The Labute approximate surface area is 227 Å². The van der Waals surface area contributed by atoms with Crippen LogP contribution in [-0.2, 0) is 17.4 Å². The van der Waals surface area contributed by atoms with Crippen LogP contribution in [0.4, 0.5) is 36.3 Å². The minimum absolute atomic E-state index is 0.00899. The molecule has 1 aromatic heterocycles. The second-order valence-electron chi connectivity index (χ2n) is 10.7. The van der Waals surface area contributed by atoms with E-state index in [4.69, 9.17) is 0 Å². The Balaban J connectivity index is 1.23. The number of halogens is 3. The largest absolute Gasteiger partial charge is 0.421 e. The number of carbonyl (C=O) groups excluding carboxylic acids is 1. The van der Waals surface area contributed by atoms with Crippen molar-refractivity contribution >= 4 is 29.0 Å². The minimum Gasteiger partial charge on any atom is -0.369 e. The van der Waals surface area contributed by atoms with Crippen molar-refractivity contribution in [2.24, 2.45) is 5.92 Å². The molecule has 3 saturated heterocycles. The van der Waals surface area contributed by atoms with Gasteiger partial charge in [0.05, 0.1) is 5.92 Å². The molecule has 1 aromatic carbocycles. The molecule has 9 nitrogen and oxygen atoms in total. The smallest absolute Gasteiger partial charge is 0.369 e. The first-order valence-electron chi connectivity index (χ1n) is 13.7. The summed E-state index contributed by atoms with van der Waals surface area (Å²) >= 11 is 0. The molecule has 2 bridgehead atoms. The van der Waals surface area contributed by atoms with E-state index >= 15 is 0 Å². The van der Waals surface area contributed by atoms with Crippen LogP contribution in [0.15, 0.2) is 24.4 Å². The molecular weight excluding hydrogens is 509 g/mol. The van der Waals surface area contributed by atoms with E-state index in [1.54, 1.807) is 0 Å². The van der Waals surface area contributed by atoms with Gasteiger partial charge in [0.2, 0.25) is 11.9 Å². The van der Waals surface area contributed by atoms with E-state index in [-0.39, 0.29) is 30.1 Å². The zero-order valence-corrected chi connectivity index (χ0v) is 22.5. The molecule has 12 heteroatoms. The van der Waals surface area contributed by atoms with Crippen molar-refractivity contribution in [2.45, 2.75) is 38.4 Å². The number of carbonyl (C=O) groups is 1. The number of hydrogen-bond donors (Lipinski definition) is 3. The van der Waals surface area contributed by atoms with Crippen LogP contribution in [0.2, 0.25) is 0 Å². The molecule has 2 atom stereocenters. The Bertz CT molecular complexity index is 1170. The molecule has 39 heavy (non-hydrogen) atoms. The van der Waals surface area contributed by atoms with Gasteiger partial charge in [-0.15, -0.1) is 0 Å². The van der Waals surface area contributed by atoms with E-state index in [0.29, 0.717) is 19.0 Å². The number of fused-ring (bicyclic) bond motifs is 2. The molecule has 3 aliphatic rings. The van der Waals surface area contributed by atoms with Crippen LogP contribution in [0.3, 0.4) is 0 Å². The second-order valence-corrected chi connectivity index (χ2v) is 10.7. The number of likely N-dealkylation sites (tertiary alicyclic amines) is 1. The van der Waals surface area contributed by atoms with Gasteiger partial charge in [-0.25, -0.2) is 4.98 Å². The van der Waals surface area contributed by atoms with Crippen LogP contribution in [0.25, 0.3) is 0 Å². The SMILES string of the molecule is CCc1cc(N2CCN3CCC2C3)ccc1Nc1ncc(C(F)(F)F)c(NCCCNC(=O)C2CN(C)C2)n1.